The molecule has 0 aliphatic rings. The molecule has 0 fully saturated rings. The molecule has 1 rings (SSSR count). The van der Waals surface area contributed by atoms with Crippen molar-refractivity contribution < 1.29 is 13.5 Å². The Morgan fingerprint density at radius 3 is 2.78 bits per heavy atom. The monoisotopic (exact) mass is 338 g/mol. The third-order valence-corrected chi connectivity index (χ3v) is 3.63. The summed E-state index contributed by atoms with van der Waals surface area (Å²) in [4.78, 5) is 10.1. The van der Waals surface area contributed by atoms with E-state index in [-0.39, 0.29) is 15.8 Å². The van der Waals surface area contributed by atoms with Crippen molar-refractivity contribution in [1.82, 2.24) is 0 Å². The average Bonchev–Trinajstić information content (AvgIpc) is 2.28. The van der Waals surface area contributed by atoms with Gasteiger partial charge in [-0.2, -0.15) is 0 Å². The normalized spacial score (nSPS) is 12.2. The van der Waals surface area contributed by atoms with Crippen LogP contribution in [0.15, 0.2) is 16.6 Å². The molecule has 0 amide bonds. The zero-order chi connectivity index (χ0) is 13.7. The van der Waals surface area contributed by atoms with Crippen LogP contribution < -0.4 is 5.32 Å². The lowest BCUT2D eigenvalue weighted by atomic mass is 10.2. The fourth-order valence-electron chi connectivity index (χ4n) is 1.33. The van der Waals surface area contributed by atoms with E-state index < -0.39 is 21.5 Å². The van der Waals surface area contributed by atoms with Gasteiger partial charge in [0.1, 0.15) is 11.5 Å². The second-order valence-electron chi connectivity index (χ2n) is 3.60. The number of halogens is 2. The molecule has 18 heavy (non-hydrogen) atoms. The quantitative estimate of drug-likeness (QED) is 0.491. The average molecular weight is 339 g/mol. The zero-order valence-electron chi connectivity index (χ0n) is 9.61. The van der Waals surface area contributed by atoms with Gasteiger partial charge in [-0.25, -0.2) is 4.39 Å². The van der Waals surface area contributed by atoms with Crippen molar-refractivity contribution in [3.63, 3.8) is 0 Å². The molecule has 5 nitrogen and oxygen atoms in total. The molecular weight excluding hydrogens is 327 g/mol. The van der Waals surface area contributed by atoms with Gasteiger partial charge in [-0.05, 0) is 28.4 Å². The predicted octanol–water partition coefficient (Wildman–Crippen LogP) is 2.68. The van der Waals surface area contributed by atoms with E-state index in [9.17, 15) is 18.7 Å². The Labute approximate surface area is 115 Å². The van der Waals surface area contributed by atoms with E-state index in [1.807, 2.05) is 0 Å². The second kappa shape index (κ2) is 6.79. The van der Waals surface area contributed by atoms with E-state index in [0.29, 0.717) is 18.7 Å². The molecule has 1 aromatic rings. The van der Waals surface area contributed by atoms with Crippen LogP contribution in [0.4, 0.5) is 15.8 Å². The highest BCUT2D eigenvalue weighted by molar-refractivity contribution is 9.10. The smallest absolute Gasteiger partial charge is 0.295 e. The summed E-state index contributed by atoms with van der Waals surface area (Å²) in [5, 5.41) is 13.6. The maximum Gasteiger partial charge on any atom is 0.295 e. The fraction of sp³-hybridized carbons (Fsp3) is 0.400. The summed E-state index contributed by atoms with van der Waals surface area (Å²) in [6.45, 7) is 0.443. The number of anilines is 1. The van der Waals surface area contributed by atoms with Gasteiger partial charge in [0, 0.05) is 29.4 Å². The molecule has 1 N–H and O–H groups in total. The first kappa shape index (κ1) is 15.0. The Bertz CT molecular complexity index is 484. The molecule has 8 heteroatoms. The summed E-state index contributed by atoms with van der Waals surface area (Å²) in [6.07, 6.45) is 2.21. The molecule has 0 saturated heterocycles. The van der Waals surface area contributed by atoms with Crippen molar-refractivity contribution in [2.75, 3.05) is 23.9 Å². The van der Waals surface area contributed by atoms with Crippen molar-refractivity contribution in [2.45, 2.75) is 6.42 Å². The lowest BCUT2D eigenvalue weighted by molar-refractivity contribution is -0.384. The van der Waals surface area contributed by atoms with Crippen LogP contribution in [0.5, 0.6) is 0 Å². The minimum absolute atomic E-state index is 0.162. The first-order chi connectivity index (χ1) is 8.41. The fourth-order valence-corrected chi connectivity index (χ4v) is 2.22. The Morgan fingerprint density at radius 2 is 2.22 bits per heavy atom. The van der Waals surface area contributed by atoms with E-state index >= 15 is 0 Å². The topological polar surface area (TPSA) is 72.2 Å². The molecule has 100 valence electrons. The Kier molecular flexibility index (Phi) is 5.67. The maximum absolute atomic E-state index is 13.2. The molecule has 0 saturated carbocycles. The Hall–Kier alpha value is -1.02. The lowest BCUT2D eigenvalue weighted by Crippen LogP contribution is -2.08. The number of hydrogen-bond acceptors (Lipinski definition) is 4. The molecule has 0 aromatic heterocycles. The van der Waals surface area contributed by atoms with E-state index in [4.69, 9.17) is 0 Å². The molecule has 0 aliphatic heterocycles. The van der Waals surface area contributed by atoms with E-state index in [0.717, 1.165) is 6.07 Å². The molecule has 0 heterocycles. The highest BCUT2D eigenvalue weighted by atomic mass is 79.9. The van der Waals surface area contributed by atoms with Gasteiger partial charge in [0.05, 0.1) is 15.5 Å². The van der Waals surface area contributed by atoms with Crippen molar-refractivity contribution >= 4 is 38.1 Å². The molecule has 0 spiro atoms. The van der Waals surface area contributed by atoms with Crippen LogP contribution >= 0.6 is 15.9 Å². The SMILES string of the molecule is CS(=O)CCCNc1cc(Br)c(F)cc1[N+](=O)[O-]. The van der Waals surface area contributed by atoms with Crippen molar-refractivity contribution in [3.8, 4) is 0 Å². The highest BCUT2D eigenvalue weighted by Crippen LogP contribution is 2.30. The molecule has 0 bridgehead atoms. The number of hydrogen-bond donors (Lipinski definition) is 1. The van der Waals surface area contributed by atoms with E-state index in [1.54, 1.807) is 6.26 Å². The molecular formula is C10H12BrFN2O3S. The second-order valence-corrected chi connectivity index (χ2v) is 6.01. The molecule has 1 aromatic carbocycles. The van der Waals surface area contributed by atoms with Crippen LogP contribution in [-0.2, 0) is 10.8 Å². The minimum Gasteiger partial charge on any atom is -0.379 e. The number of nitrogens with one attached hydrogen (secondary N) is 1. The van der Waals surface area contributed by atoms with Gasteiger partial charge in [-0.15, -0.1) is 0 Å². The van der Waals surface area contributed by atoms with Crippen LogP contribution in [0, 0.1) is 15.9 Å². The van der Waals surface area contributed by atoms with Crippen LogP contribution in [0.25, 0.3) is 0 Å². The Morgan fingerprint density at radius 1 is 1.56 bits per heavy atom. The highest BCUT2D eigenvalue weighted by Gasteiger charge is 2.17. The van der Waals surface area contributed by atoms with Gasteiger partial charge in [0.15, 0.2) is 0 Å². The number of benzene rings is 1. The van der Waals surface area contributed by atoms with Gasteiger partial charge >= 0.3 is 0 Å². The number of rotatable bonds is 6. The molecule has 0 aliphatic carbocycles. The Balaban J connectivity index is 2.77. The summed E-state index contributed by atoms with van der Waals surface area (Å²) in [5.74, 6) is -0.162. The maximum atomic E-state index is 13.2. The molecule has 1 unspecified atom stereocenters. The summed E-state index contributed by atoms with van der Waals surface area (Å²) in [5.41, 5.74) is -0.0662. The predicted molar refractivity (Wildman–Crippen MR) is 72.8 cm³/mol. The number of nitrogens with zero attached hydrogens (tertiary/aromatic N) is 1. The van der Waals surface area contributed by atoms with E-state index in [1.165, 1.54) is 6.07 Å². The minimum atomic E-state index is -0.889. The van der Waals surface area contributed by atoms with Gasteiger partial charge in [0.25, 0.3) is 5.69 Å². The zero-order valence-corrected chi connectivity index (χ0v) is 12.0. The van der Waals surface area contributed by atoms with Crippen molar-refractivity contribution in [2.24, 2.45) is 0 Å². The van der Waals surface area contributed by atoms with Crippen molar-refractivity contribution in [3.05, 3.63) is 32.5 Å². The van der Waals surface area contributed by atoms with Gasteiger partial charge < -0.3 is 5.32 Å². The van der Waals surface area contributed by atoms with E-state index in [2.05, 4.69) is 21.2 Å². The summed E-state index contributed by atoms with van der Waals surface area (Å²) in [6, 6.07) is 2.20. The van der Waals surface area contributed by atoms with Crippen LogP contribution in [0.3, 0.4) is 0 Å². The summed E-state index contributed by atoms with van der Waals surface area (Å²) >= 11 is 2.98. The number of nitro groups is 1. The lowest BCUT2D eigenvalue weighted by Gasteiger charge is -2.07. The van der Waals surface area contributed by atoms with Crippen LogP contribution in [0.2, 0.25) is 0 Å². The molecule has 0 radical (unpaired) electrons. The van der Waals surface area contributed by atoms with Gasteiger partial charge in [-0.1, -0.05) is 0 Å². The van der Waals surface area contributed by atoms with Gasteiger partial charge in [-0.3, -0.25) is 14.3 Å². The first-order valence-electron chi connectivity index (χ1n) is 5.09. The van der Waals surface area contributed by atoms with Crippen LogP contribution in [0.1, 0.15) is 6.42 Å². The summed E-state index contributed by atoms with van der Waals surface area (Å²) in [7, 11) is -0.889. The third-order valence-electron chi connectivity index (χ3n) is 2.16. The number of nitro benzene ring substituents is 1. The summed E-state index contributed by atoms with van der Waals surface area (Å²) < 4.78 is 24.2. The molecule has 1 atom stereocenters. The van der Waals surface area contributed by atoms with Crippen molar-refractivity contribution in [1.29, 1.82) is 0 Å². The van der Waals surface area contributed by atoms with Crippen LogP contribution in [-0.4, -0.2) is 27.7 Å². The standard InChI is InChI=1S/C10H12BrFN2O3S/c1-18(17)4-2-3-13-9-5-7(11)8(12)6-10(9)14(15)16/h5-6,13H,2-4H2,1H3. The van der Waals surface area contributed by atoms with Gasteiger partial charge in [0.2, 0.25) is 0 Å². The third kappa shape index (κ3) is 4.34. The first-order valence-corrected chi connectivity index (χ1v) is 7.61. The largest absolute Gasteiger partial charge is 0.379 e.